The van der Waals surface area contributed by atoms with Crippen LogP contribution in [0.2, 0.25) is 0 Å². The Balaban J connectivity index is 1.15. The van der Waals surface area contributed by atoms with Crippen molar-refractivity contribution in [3.05, 3.63) is 111 Å². The summed E-state index contributed by atoms with van der Waals surface area (Å²) >= 11 is 13.5. The van der Waals surface area contributed by atoms with Crippen molar-refractivity contribution in [2.24, 2.45) is 17.8 Å². The van der Waals surface area contributed by atoms with Gasteiger partial charge in [-0.1, -0.05) is 152 Å². The number of halogens is 2. The number of rotatable bonds is 29. The largest absolute Gasteiger partial charge is 0.288 e. The van der Waals surface area contributed by atoms with E-state index >= 15 is 18.4 Å². The minimum Gasteiger partial charge on any atom is -0.288 e. The lowest BCUT2D eigenvalue weighted by atomic mass is 9.78. The Labute approximate surface area is 525 Å². The number of ketones is 2. The summed E-state index contributed by atoms with van der Waals surface area (Å²) < 4.78 is 35.4. The number of thiophene rings is 8. The zero-order valence-electron chi connectivity index (χ0n) is 50.8. The maximum atomic E-state index is 16.6. The van der Waals surface area contributed by atoms with E-state index in [-0.39, 0.29) is 35.0 Å². The average molecular weight is 1260 g/mol. The highest BCUT2D eigenvalue weighted by Crippen LogP contribution is 2.57. The summed E-state index contributed by atoms with van der Waals surface area (Å²) in [6.07, 6.45) is 20.0. The molecule has 1 aromatic carbocycles. The van der Waals surface area contributed by atoms with E-state index < -0.39 is 0 Å². The summed E-state index contributed by atoms with van der Waals surface area (Å²) in [5.41, 5.74) is 5.59. The fourth-order valence-corrected chi connectivity index (χ4v) is 23.0. The Kier molecular flexibility index (Phi) is 20.9. The molecule has 9 aromatic rings. The van der Waals surface area contributed by atoms with Crippen molar-refractivity contribution in [3.63, 3.8) is 0 Å². The lowest BCUT2D eigenvalue weighted by Crippen LogP contribution is -2.22. The van der Waals surface area contributed by atoms with Crippen molar-refractivity contribution in [1.29, 1.82) is 0 Å². The average Bonchev–Trinajstić information content (AvgIpc) is 4.47. The van der Waals surface area contributed by atoms with Crippen molar-refractivity contribution < 1.29 is 18.4 Å². The number of fused-ring (bicyclic) bond motifs is 4. The zero-order valence-corrected chi connectivity index (χ0v) is 57.3. The van der Waals surface area contributed by atoms with Crippen molar-refractivity contribution in [2.45, 2.75) is 210 Å². The predicted molar refractivity (Wildman–Crippen MR) is 367 cm³/mol. The molecule has 0 amide bonds. The second kappa shape index (κ2) is 27.7. The molecule has 0 saturated carbocycles. The van der Waals surface area contributed by atoms with Crippen LogP contribution in [0, 0.1) is 43.2 Å². The molecular formula is C71H84F2O2S8. The normalized spacial score (nSPS) is 14.6. The number of hydrogen-bond acceptors (Lipinski definition) is 10. The van der Waals surface area contributed by atoms with Crippen LogP contribution in [-0.4, -0.2) is 11.6 Å². The first-order valence-corrected chi connectivity index (χ1v) is 37.9. The molecule has 0 aliphatic heterocycles. The standard InChI is InChI=1S/C71H84F2O2S8/c1-12-20-24-28-45(19-8)67-50(73)37-57(82-67)59-48-35-54(80-70(48)58(47-31-40(10)78-69(47)59)56-36-49(72)52(79-56)32-42(16-5)25-21-13-2)53-34-46(38-76-53)68-62-63(71(83-68)51-30-29-39(9)77-51)65(75)61-60(64(62)74)55(33-43(17-6)26-22-14-3)81-66(61)41(11)44(18-7)27-23-15-4/h29-31,34-38,41-45H,12-28,32-33H2,1-11H3. The summed E-state index contributed by atoms with van der Waals surface area (Å²) in [6.45, 7) is 24.5. The molecule has 2 nitrogen and oxygen atoms in total. The maximum absolute atomic E-state index is 16.6. The van der Waals surface area contributed by atoms with Crippen LogP contribution >= 0.6 is 90.7 Å². The van der Waals surface area contributed by atoms with E-state index in [9.17, 15) is 0 Å². The van der Waals surface area contributed by atoms with E-state index in [0.29, 0.717) is 40.0 Å². The number of unbranched alkanes of at least 4 members (excludes halogenated alkanes) is 5. The first kappa shape index (κ1) is 62.6. The van der Waals surface area contributed by atoms with Gasteiger partial charge in [-0.05, 0) is 118 Å². The van der Waals surface area contributed by atoms with Gasteiger partial charge in [0, 0.05) is 112 Å². The van der Waals surface area contributed by atoms with Gasteiger partial charge in [-0.3, -0.25) is 9.59 Å². The molecule has 83 heavy (non-hydrogen) atoms. The van der Waals surface area contributed by atoms with E-state index in [1.165, 1.54) is 9.75 Å². The van der Waals surface area contributed by atoms with Gasteiger partial charge in [0.05, 0.1) is 16.0 Å². The van der Waals surface area contributed by atoms with Gasteiger partial charge in [-0.25, -0.2) is 8.78 Å². The molecule has 1 aliphatic carbocycles. The number of hydrogen-bond donors (Lipinski definition) is 0. The van der Waals surface area contributed by atoms with Crippen molar-refractivity contribution in [3.8, 4) is 50.8 Å². The zero-order chi connectivity index (χ0) is 58.8. The fraction of sp³-hybridized carbons (Fsp3) is 0.493. The first-order chi connectivity index (χ1) is 40.2. The molecule has 12 heteroatoms. The SMILES string of the molecule is CCCCCC(CC)c1sc(-c2c3cc(-c4cc(-c5sc(-c6ccc(C)s6)c6c5C(=O)c5c(CC(CC)CCCC)sc(C(C)C(CC)CCCC)c5C6=O)cs4)sc3c(-c3cc(F)c(CC(CC)CCCC)s3)c3cc(C)sc23)cc1F. The Hall–Kier alpha value is -3.46. The summed E-state index contributed by atoms with van der Waals surface area (Å²) in [6, 6.07) is 14.7. The minimum atomic E-state index is -0.119. The van der Waals surface area contributed by atoms with Gasteiger partial charge in [0.2, 0.25) is 0 Å². The summed E-state index contributed by atoms with van der Waals surface area (Å²) in [7, 11) is 0. The second-order valence-corrected chi connectivity index (χ2v) is 32.7. The first-order valence-electron chi connectivity index (χ1n) is 31.4. The van der Waals surface area contributed by atoms with Crippen molar-refractivity contribution in [2.75, 3.05) is 0 Å². The third-order valence-corrected chi connectivity index (χ3v) is 27.7. The van der Waals surface area contributed by atoms with Crippen LogP contribution in [0.4, 0.5) is 8.78 Å². The minimum absolute atomic E-state index is 0.00711. The number of carbonyl (C=O) groups is 2. The topological polar surface area (TPSA) is 34.1 Å². The third-order valence-electron chi connectivity index (χ3n) is 18.1. The molecule has 0 radical (unpaired) electrons. The molecule has 442 valence electrons. The summed E-state index contributed by atoms with van der Waals surface area (Å²) in [5, 5.41) is 4.36. The van der Waals surface area contributed by atoms with E-state index in [1.807, 2.05) is 0 Å². The lowest BCUT2D eigenvalue weighted by molar-refractivity contribution is 0.0979. The van der Waals surface area contributed by atoms with E-state index in [1.54, 1.807) is 103 Å². The molecule has 0 fully saturated rings. The molecule has 10 rings (SSSR count). The molecule has 0 bridgehead atoms. The monoisotopic (exact) mass is 1260 g/mol. The number of carbonyl (C=O) groups excluding carboxylic acids is 2. The molecule has 0 N–H and O–H groups in total. The van der Waals surface area contributed by atoms with Gasteiger partial charge < -0.3 is 0 Å². The van der Waals surface area contributed by atoms with Crippen molar-refractivity contribution >= 4 is 122 Å². The molecular weight excluding hydrogens is 1180 g/mol. The maximum Gasteiger partial charge on any atom is 0.197 e. The highest BCUT2D eigenvalue weighted by Gasteiger charge is 2.43. The number of aryl methyl sites for hydroxylation is 2. The lowest BCUT2D eigenvalue weighted by Gasteiger charge is -2.24. The van der Waals surface area contributed by atoms with Crippen LogP contribution < -0.4 is 0 Å². The smallest absolute Gasteiger partial charge is 0.197 e. The van der Waals surface area contributed by atoms with E-state index in [0.717, 1.165) is 213 Å². The van der Waals surface area contributed by atoms with Gasteiger partial charge in [0.15, 0.2) is 11.6 Å². The second-order valence-electron chi connectivity index (χ2n) is 23.8. The Bertz CT molecular complexity index is 3720. The molecule has 5 atom stereocenters. The molecule has 1 aliphatic rings. The summed E-state index contributed by atoms with van der Waals surface area (Å²) in [4.78, 5) is 45.0. The van der Waals surface area contributed by atoms with Crippen LogP contribution in [0.25, 0.3) is 71.0 Å². The van der Waals surface area contributed by atoms with Gasteiger partial charge in [-0.2, -0.15) is 0 Å². The van der Waals surface area contributed by atoms with Gasteiger partial charge >= 0.3 is 0 Å². The highest BCUT2D eigenvalue weighted by molar-refractivity contribution is 7.28. The molecule has 5 unspecified atom stereocenters. The van der Waals surface area contributed by atoms with Crippen LogP contribution in [0.15, 0.2) is 47.8 Å². The van der Waals surface area contributed by atoms with Gasteiger partial charge in [0.1, 0.15) is 11.6 Å². The number of benzene rings is 1. The van der Waals surface area contributed by atoms with E-state index in [4.69, 9.17) is 0 Å². The molecule has 8 aromatic heterocycles. The third kappa shape index (κ3) is 12.5. The molecule has 0 saturated heterocycles. The summed E-state index contributed by atoms with van der Waals surface area (Å²) in [5.74, 6) is 1.42. The van der Waals surface area contributed by atoms with Crippen LogP contribution in [-0.2, 0) is 12.8 Å². The Morgan fingerprint density at radius 2 is 1.08 bits per heavy atom. The van der Waals surface area contributed by atoms with Crippen LogP contribution in [0.5, 0.6) is 0 Å². The van der Waals surface area contributed by atoms with Gasteiger partial charge in [-0.15, -0.1) is 90.7 Å². The molecule has 0 spiro atoms. The quantitative estimate of drug-likeness (QED) is 0.0438. The van der Waals surface area contributed by atoms with Crippen LogP contribution in [0.1, 0.15) is 244 Å². The van der Waals surface area contributed by atoms with Gasteiger partial charge in [0.25, 0.3) is 0 Å². The Morgan fingerprint density at radius 1 is 0.458 bits per heavy atom. The Morgan fingerprint density at radius 3 is 1.73 bits per heavy atom. The van der Waals surface area contributed by atoms with Crippen LogP contribution in [0.3, 0.4) is 0 Å². The van der Waals surface area contributed by atoms with Crippen molar-refractivity contribution in [1.82, 2.24) is 0 Å². The van der Waals surface area contributed by atoms with E-state index in [2.05, 4.69) is 112 Å². The predicted octanol–water partition coefficient (Wildman–Crippen LogP) is 26.4. The highest BCUT2D eigenvalue weighted by atomic mass is 32.1. The fourth-order valence-electron chi connectivity index (χ4n) is 13.1. The molecule has 8 heterocycles.